The number of imidazole rings is 1. The molecular weight excluding hydrogens is 484 g/mol. The lowest BCUT2D eigenvalue weighted by Gasteiger charge is -2.39. The van der Waals surface area contributed by atoms with Crippen LogP contribution in [0.3, 0.4) is 0 Å². The molecule has 2 aromatic heterocycles. The number of amides is 1. The summed E-state index contributed by atoms with van der Waals surface area (Å²) in [4.78, 5) is 30.9. The molecule has 2 aliphatic rings. The highest BCUT2D eigenvalue weighted by atomic mass is 35.5. The Bertz CT molecular complexity index is 1340. The molecule has 0 saturated carbocycles. The lowest BCUT2D eigenvalue weighted by atomic mass is 9.78. The maximum Gasteiger partial charge on any atom is 0.262 e. The van der Waals surface area contributed by atoms with E-state index in [0.717, 1.165) is 19.3 Å². The minimum atomic E-state index is -3.78. The smallest absolute Gasteiger partial charge is 0.262 e. The number of aromatic nitrogens is 2. The Morgan fingerprint density at radius 2 is 1.70 bits per heavy atom. The van der Waals surface area contributed by atoms with Crippen LogP contribution in [0.5, 0.6) is 0 Å². The van der Waals surface area contributed by atoms with E-state index in [1.807, 2.05) is 4.90 Å². The largest absolute Gasteiger partial charge is 0.339 e. The molecule has 3 aromatic rings. The molecule has 8 nitrogen and oxygen atoms in total. The van der Waals surface area contributed by atoms with Crippen molar-refractivity contribution in [2.75, 3.05) is 26.2 Å². The third-order valence-corrected chi connectivity index (χ3v) is 9.82. The Kier molecular flexibility index (Phi) is 5.59. The van der Waals surface area contributed by atoms with Crippen LogP contribution in [0.4, 0.5) is 0 Å². The van der Waals surface area contributed by atoms with Crippen molar-refractivity contribution in [3.8, 4) is 0 Å². The van der Waals surface area contributed by atoms with Gasteiger partial charge in [-0.1, -0.05) is 23.7 Å². The van der Waals surface area contributed by atoms with Gasteiger partial charge >= 0.3 is 0 Å². The second kappa shape index (κ2) is 8.19. The van der Waals surface area contributed by atoms with E-state index in [1.54, 1.807) is 35.8 Å². The fourth-order valence-corrected chi connectivity index (χ4v) is 7.77. The standard InChI is InChI=1S/C22H23ClN4O4S2/c1-15(28)16-2-4-17(5-3-16)19(29)25-9-6-22(7-10-25)8-11-26(14-22)33(30,31)20-18(23)24-21-27(20)12-13-32-21/h2-5,12-13H,6-11,14H2,1H3. The Balaban J connectivity index is 1.27. The topological polar surface area (TPSA) is 92.1 Å². The molecule has 1 spiro atoms. The first kappa shape index (κ1) is 22.5. The van der Waals surface area contributed by atoms with Crippen LogP contribution in [-0.4, -0.2) is 64.9 Å². The number of piperidine rings is 1. The maximum absolute atomic E-state index is 13.4. The molecule has 2 saturated heterocycles. The summed E-state index contributed by atoms with van der Waals surface area (Å²) >= 11 is 7.53. The predicted octanol–water partition coefficient (Wildman–Crippen LogP) is 3.57. The predicted molar refractivity (Wildman–Crippen MR) is 125 cm³/mol. The zero-order valence-corrected chi connectivity index (χ0v) is 20.4. The summed E-state index contributed by atoms with van der Waals surface area (Å²) in [6.45, 7) is 3.48. The number of hydrogen-bond donors (Lipinski definition) is 0. The van der Waals surface area contributed by atoms with Crippen molar-refractivity contribution in [3.05, 3.63) is 52.1 Å². The molecule has 1 aromatic carbocycles. The van der Waals surface area contributed by atoms with Gasteiger partial charge in [0.05, 0.1) is 0 Å². The first-order chi connectivity index (χ1) is 15.7. The van der Waals surface area contributed by atoms with E-state index in [2.05, 4.69) is 4.98 Å². The molecule has 0 radical (unpaired) electrons. The molecule has 11 heteroatoms. The third kappa shape index (κ3) is 3.88. The number of ketones is 1. The van der Waals surface area contributed by atoms with Gasteiger partial charge in [-0.3, -0.25) is 14.0 Å². The first-order valence-electron chi connectivity index (χ1n) is 10.7. The van der Waals surface area contributed by atoms with Gasteiger partial charge in [-0.15, -0.1) is 11.3 Å². The minimum absolute atomic E-state index is 0.000919. The van der Waals surface area contributed by atoms with Gasteiger partial charge in [-0.25, -0.2) is 13.4 Å². The van der Waals surface area contributed by atoms with Crippen LogP contribution in [0, 0.1) is 5.41 Å². The zero-order chi connectivity index (χ0) is 23.4. The molecule has 0 bridgehead atoms. The zero-order valence-electron chi connectivity index (χ0n) is 18.0. The number of nitrogens with zero attached hydrogens (tertiary/aromatic N) is 4. The summed E-state index contributed by atoms with van der Waals surface area (Å²) in [5.41, 5.74) is 0.990. The number of benzene rings is 1. The molecule has 2 aliphatic heterocycles. The normalized spacial score (nSPS) is 18.9. The van der Waals surface area contributed by atoms with Gasteiger partial charge in [0.25, 0.3) is 15.9 Å². The Hall–Kier alpha value is -2.27. The van der Waals surface area contributed by atoms with Crippen LogP contribution >= 0.6 is 22.9 Å². The van der Waals surface area contributed by atoms with Gasteiger partial charge in [0.2, 0.25) is 0 Å². The molecule has 2 fully saturated rings. The number of hydrogen-bond acceptors (Lipinski definition) is 6. The number of fused-ring (bicyclic) bond motifs is 1. The molecule has 174 valence electrons. The Labute approximate surface area is 200 Å². The fraction of sp³-hybridized carbons (Fsp3) is 0.409. The quantitative estimate of drug-likeness (QED) is 0.504. The maximum atomic E-state index is 13.4. The van der Waals surface area contributed by atoms with Crippen LogP contribution in [0.1, 0.15) is 46.9 Å². The molecule has 0 unspecified atom stereocenters. The first-order valence-corrected chi connectivity index (χ1v) is 13.4. The van der Waals surface area contributed by atoms with E-state index in [9.17, 15) is 18.0 Å². The van der Waals surface area contributed by atoms with Gasteiger partial charge in [-0.05, 0) is 43.7 Å². The summed E-state index contributed by atoms with van der Waals surface area (Å²) in [5, 5.41) is 1.81. The Morgan fingerprint density at radius 1 is 1.06 bits per heavy atom. The highest BCUT2D eigenvalue weighted by molar-refractivity contribution is 7.89. The van der Waals surface area contributed by atoms with E-state index in [0.29, 0.717) is 42.3 Å². The number of carbonyl (C=O) groups excluding carboxylic acids is 2. The lowest BCUT2D eigenvalue weighted by Crippen LogP contribution is -2.44. The van der Waals surface area contributed by atoms with Crippen LogP contribution in [0.2, 0.25) is 5.15 Å². The Morgan fingerprint density at radius 3 is 2.36 bits per heavy atom. The average Bonchev–Trinajstić information content (AvgIpc) is 3.49. The van der Waals surface area contributed by atoms with Crippen molar-refractivity contribution in [2.24, 2.45) is 5.41 Å². The van der Waals surface area contributed by atoms with Gasteiger partial charge in [0.1, 0.15) is 0 Å². The van der Waals surface area contributed by atoms with Crippen molar-refractivity contribution >= 4 is 49.6 Å². The minimum Gasteiger partial charge on any atom is -0.339 e. The van der Waals surface area contributed by atoms with E-state index in [1.165, 1.54) is 27.0 Å². The second-order valence-electron chi connectivity index (χ2n) is 8.78. The van der Waals surface area contributed by atoms with Crippen molar-refractivity contribution in [1.29, 1.82) is 0 Å². The third-order valence-electron chi connectivity index (χ3n) is 6.82. The summed E-state index contributed by atoms with van der Waals surface area (Å²) in [6, 6.07) is 6.72. The molecular formula is C22H23ClN4O4S2. The molecule has 33 heavy (non-hydrogen) atoms. The van der Waals surface area contributed by atoms with E-state index >= 15 is 0 Å². The van der Waals surface area contributed by atoms with E-state index in [-0.39, 0.29) is 27.3 Å². The molecule has 0 atom stereocenters. The summed E-state index contributed by atoms with van der Waals surface area (Å²) in [5.74, 6) is -0.0973. The van der Waals surface area contributed by atoms with Gasteiger partial charge in [-0.2, -0.15) is 4.31 Å². The fourth-order valence-electron chi connectivity index (χ4n) is 4.81. The molecule has 5 rings (SSSR count). The molecule has 4 heterocycles. The number of thiazole rings is 1. The van der Waals surface area contributed by atoms with Crippen LogP contribution in [0.15, 0.2) is 40.9 Å². The van der Waals surface area contributed by atoms with Crippen molar-refractivity contribution in [1.82, 2.24) is 18.6 Å². The number of rotatable bonds is 4. The number of likely N-dealkylation sites (tertiary alicyclic amines) is 1. The summed E-state index contributed by atoms with van der Waals surface area (Å²) in [7, 11) is -3.78. The average molecular weight is 507 g/mol. The second-order valence-corrected chi connectivity index (χ2v) is 11.9. The molecule has 0 aliphatic carbocycles. The van der Waals surface area contributed by atoms with Gasteiger partial charge < -0.3 is 4.90 Å². The van der Waals surface area contributed by atoms with Gasteiger partial charge in [0.15, 0.2) is 20.9 Å². The monoisotopic (exact) mass is 506 g/mol. The summed E-state index contributed by atoms with van der Waals surface area (Å²) in [6.07, 6.45) is 3.91. The lowest BCUT2D eigenvalue weighted by molar-refractivity contribution is 0.0599. The van der Waals surface area contributed by atoms with Crippen LogP contribution in [0.25, 0.3) is 4.96 Å². The summed E-state index contributed by atoms with van der Waals surface area (Å²) < 4.78 is 29.8. The molecule has 0 N–H and O–H groups in total. The van der Waals surface area contributed by atoms with Crippen LogP contribution < -0.4 is 0 Å². The van der Waals surface area contributed by atoms with E-state index < -0.39 is 10.0 Å². The number of carbonyl (C=O) groups is 2. The van der Waals surface area contributed by atoms with Crippen molar-refractivity contribution in [2.45, 2.75) is 31.2 Å². The van der Waals surface area contributed by atoms with Crippen molar-refractivity contribution in [3.63, 3.8) is 0 Å². The van der Waals surface area contributed by atoms with Crippen molar-refractivity contribution < 1.29 is 18.0 Å². The highest BCUT2D eigenvalue weighted by Crippen LogP contribution is 2.43. The van der Waals surface area contributed by atoms with Crippen LogP contribution in [-0.2, 0) is 10.0 Å². The van der Waals surface area contributed by atoms with E-state index in [4.69, 9.17) is 11.6 Å². The van der Waals surface area contributed by atoms with Gasteiger partial charge in [0, 0.05) is 48.9 Å². The number of halogens is 1. The SMILES string of the molecule is CC(=O)c1ccc(C(=O)N2CCC3(CC2)CCN(S(=O)(=O)c2c(Cl)nc4sccn24)C3)cc1. The highest BCUT2D eigenvalue weighted by Gasteiger charge is 2.46. The molecule has 1 amide bonds. The number of Topliss-reactive ketones (excluding diaryl/α,β-unsaturated/α-hetero) is 1. The number of sulfonamides is 1.